The molecule has 0 bridgehead atoms. The summed E-state index contributed by atoms with van der Waals surface area (Å²) in [5.41, 5.74) is 1.70. The zero-order chi connectivity index (χ0) is 29.4. The van der Waals surface area contributed by atoms with Crippen LogP contribution in [0.3, 0.4) is 0 Å². The lowest BCUT2D eigenvalue weighted by Gasteiger charge is -2.26. The molecular weight excluding hydrogens is 655 g/mol. The van der Waals surface area contributed by atoms with Crippen molar-refractivity contribution in [1.82, 2.24) is 4.57 Å². The van der Waals surface area contributed by atoms with E-state index in [1.165, 1.54) is 30.1 Å². The topological polar surface area (TPSA) is 92.3 Å². The number of aromatic nitrogens is 1. The van der Waals surface area contributed by atoms with Crippen LogP contribution in [0.4, 0.5) is 0 Å². The van der Waals surface area contributed by atoms with Crippen LogP contribution < -0.4 is 24.4 Å². The van der Waals surface area contributed by atoms with Crippen molar-refractivity contribution in [2.45, 2.75) is 19.9 Å². The maximum atomic E-state index is 13.9. The zero-order valence-electron chi connectivity index (χ0n) is 22.3. The minimum absolute atomic E-state index is 0.166. The van der Waals surface area contributed by atoms with Crippen molar-refractivity contribution in [1.29, 1.82) is 0 Å². The van der Waals surface area contributed by atoms with Gasteiger partial charge in [-0.3, -0.25) is 9.36 Å². The van der Waals surface area contributed by atoms with Gasteiger partial charge in [0.15, 0.2) is 16.3 Å². The van der Waals surface area contributed by atoms with Crippen LogP contribution >= 0.6 is 50.5 Å². The number of nitrogens with zero attached hydrogens (tertiary/aromatic N) is 2. The SMILES string of the molecule is CCOC(=O)C1=C(C)N=c2s/c(=C\c3ccc(-c4ccc(Cl)c(Cl)c4)o3)c(=O)n2[C@H]1c1cc(OC)c(OC)cc1Br. The summed E-state index contributed by atoms with van der Waals surface area (Å²) in [4.78, 5) is 32.2. The number of halogens is 3. The predicted octanol–water partition coefficient (Wildman–Crippen LogP) is 6.14. The second-order valence-electron chi connectivity index (χ2n) is 8.86. The monoisotopic (exact) mass is 676 g/mol. The molecule has 1 atom stereocenters. The third kappa shape index (κ3) is 5.49. The molecule has 0 saturated carbocycles. The van der Waals surface area contributed by atoms with Crippen molar-refractivity contribution in [2.24, 2.45) is 4.99 Å². The summed E-state index contributed by atoms with van der Waals surface area (Å²) in [6.45, 7) is 3.61. The molecule has 0 unspecified atom stereocenters. The first-order chi connectivity index (χ1) is 19.7. The maximum Gasteiger partial charge on any atom is 0.338 e. The van der Waals surface area contributed by atoms with E-state index < -0.39 is 12.0 Å². The maximum absolute atomic E-state index is 13.9. The van der Waals surface area contributed by atoms with E-state index in [0.29, 0.717) is 58.1 Å². The van der Waals surface area contributed by atoms with Crippen LogP contribution in [-0.2, 0) is 9.53 Å². The Labute approximate surface area is 257 Å². The minimum Gasteiger partial charge on any atom is -0.493 e. The van der Waals surface area contributed by atoms with E-state index >= 15 is 0 Å². The van der Waals surface area contributed by atoms with Crippen LogP contribution in [0, 0.1) is 0 Å². The normalized spacial score (nSPS) is 15.0. The number of carbonyl (C=O) groups excluding carboxylic acids is 1. The fourth-order valence-electron chi connectivity index (χ4n) is 4.53. The Bertz CT molecular complexity index is 1890. The molecule has 4 aromatic rings. The molecule has 1 aliphatic heterocycles. The Morgan fingerprint density at radius 2 is 1.85 bits per heavy atom. The van der Waals surface area contributed by atoms with Crippen molar-refractivity contribution in [2.75, 3.05) is 20.8 Å². The Balaban J connectivity index is 1.68. The highest BCUT2D eigenvalue weighted by Crippen LogP contribution is 2.41. The van der Waals surface area contributed by atoms with Crippen molar-refractivity contribution < 1.29 is 23.4 Å². The van der Waals surface area contributed by atoms with Crippen molar-refractivity contribution >= 4 is 62.5 Å². The molecule has 0 radical (unpaired) electrons. The number of hydrogen-bond acceptors (Lipinski definition) is 8. The van der Waals surface area contributed by atoms with E-state index in [-0.39, 0.29) is 17.7 Å². The number of methoxy groups -OCH3 is 2. The minimum atomic E-state index is -0.843. The summed E-state index contributed by atoms with van der Waals surface area (Å²) < 4.78 is 24.8. The fraction of sp³-hybridized carbons (Fsp3) is 0.207. The van der Waals surface area contributed by atoms with Gasteiger partial charge in [-0.05, 0) is 61.9 Å². The molecule has 41 heavy (non-hydrogen) atoms. The number of fused-ring (bicyclic) bond motifs is 1. The summed E-state index contributed by atoms with van der Waals surface area (Å²) in [7, 11) is 3.05. The Kier molecular flexibility index (Phi) is 8.47. The number of benzene rings is 2. The molecule has 0 N–H and O–H groups in total. The molecule has 3 heterocycles. The molecular formula is C29H23BrCl2N2O6S. The van der Waals surface area contributed by atoms with Crippen LogP contribution in [-0.4, -0.2) is 31.4 Å². The van der Waals surface area contributed by atoms with Crippen molar-refractivity contribution in [3.63, 3.8) is 0 Å². The first-order valence-electron chi connectivity index (χ1n) is 12.3. The quantitative estimate of drug-likeness (QED) is 0.218. The number of carbonyl (C=O) groups is 1. The van der Waals surface area contributed by atoms with Gasteiger partial charge in [-0.25, -0.2) is 9.79 Å². The van der Waals surface area contributed by atoms with E-state index in [9.17, 15) is 9.59 Å². The number of thiazole rings is 1. The third-order valence-electron chi connectivity index (χ3n) is 6.42. The smallest absolute Gasteiger partial charge is 0.338 e. The van der Waals surface area contributed by atoms with Gasteiger partial charge in [-0.2, -0.15) is 0 Å². The molecule has 212 valence electrons. The van der Waals surface area contributed by atoms with Gasteiger partial charge in [-0.1, -0.05) is 50.5 Å². The highest BCUT2D eigenvalue weighted by molar-refractivity contribution is 9.10. The summed E-state index contributed by atoms with van der Waals surface area (Å²) in [6.07, 6.45) is 1.65. The lowest BCUT2D eigenvalue weighted by molar-refractivity contribution is -0.139. The average molecular weight is 678 g/mol. The molecule has 0 aliphatic carbocycles. The van der Waals surface area contributed by atoms with Gasteiger partial charge < -0.3 is 18.6 Å². The molecule has 0 amide bonds. The standard InChI is InChI=1S/C29H23BrCl2N2O6S/c1-5-39-28(36)25-14(2)33-29-34(26(25)17-12-22(37-3)23(38-4)13-18(17)30)27(35)24(41-29)11-16-7-9-21(40-16)15-6-8-19(31)20(32)10-15/h6-13,26H,5H2,1-4H3/b24-11-/t26-/m0/s1. The van der Waals surface area contributed by atoms with Gasteiger partial charge in [0.25, 0.3) is 5.56 Å². The molecule has 0 fully saturated rings. The largest absolute Gasteiger partial charge is 0.493 e. The van der Waals surface area contributed by atoms with Crippen molar-refractivity contribution in [3.8, 4) is 22.8 Å². The molecule has 8 nitrogen and oxygen atoms in total. The number of hydrogen-bond donors (Lipinski definition) is 0. The van der Waals surface area contributed by atoms with E-state index in [2.05, 4.69) is 20.9 Å². The summed E-state index contributed by atoms with van der Waals surface area (Å²) in [6, 6.07) is 11.4. The molecule has 0 spiro atoms. The molecule has 1 aliphatic rings. The molecule has 12 heteroatoms. The van der Waals surface area contributed by atoms with Gasteiger partial charge in [0, 0.05) is 16.1 Å². The number of ether oxygens (including phenoxy) is 3. The Morgan fingerprint density at radius 3 is 2.54 bits per heavy atom. The Hall–Kier alpha value is -3.31. The van der Waals surface area contributed by atoms with Gasteiger partial charge in [0.1, 0.15) is 11.5 Å². The lowest BCUT2D eigenvalue weighted by Crippen LogP contribution is -2.40. The highest BCUT2D eigenvalue weighted by atomic mass is 79.9. The van der Waals surface area contributed by atoms with Gasteiger partial charge in [0.2, 0.25) is 0 Å². The van der Waals surface area contributed by atoms with Crippen LogP contribution in [0.25, 0.3) is 17.4 Å². The van der Waals surface area contributed by atoms with E-state index in [1.54, 1.807) is 62.4 Å². The van der Waals surface area contributed by atoms with Crippen LogP contribution in [0.2, 0.25) is 10.0 Å². The average Bonchev–Trinajstić information content (AvgIpc) is 3.53. The van der Waals surface area contributed by atoms with E-state index in [0.717, 1.165) is 5.56 Å². The Morgan fingerprint density at radius 1 is 1.12 bits per heavy atom. The molecule has 5 rings (SSSR count). The third-order valence-corrected chi connectivity index (χ3v) is 8.83. The lowest BCUT2D eigenvalue weighted by atomic mass is 9.95. The zero-order valence-corrected chi connectivity index (χ0v) is 26.2. The first-order valence-corrected chi connectivity index (χ1v) is 14.7. The number of furan rings is 1. The molecule has 2 aromatic heterocycles. The fourth-order valence-corrected chi connectivity index (χ4v) is 6.39. The van der Waals surface area contributed by atoms with Crippen LogP contribution in [0.5, 0.6) is 11.5 Å². The highest BCUT2D eigenvalue weighted by Gasteiger charge is 2.35. The van der Waals surface area contributed by atoms with Gasteiger partial charge in [0.05, 0.1) is 52.7 Å². The number of rotatable bonds is 7. The van der Waals surface area contributed by atoms with Crippen LogP contribution in [0.1, 0.15) is 31.2 Å². The summed E-state index contributed by atoms with van der Waals surface area (Å²) >= 11 is 17.0. The van der Waals surface area contributed by atoms with Gasteiger partial charge >= 0.3 is 5.97 Å². The number of esters is 1. The second-order valence-corrected chi connectivity index (χ2v) is 11.5. The first kappa shape index (κ1) is 29.2. The van der Waals surface area contributed by atoms with Gasteiger partial charge in [-0.15, -0.1) is 0 Å². The van der Waals surface area contributed by atoms with E-state index in [1.807, 2.05) is 0 Å². The summed E-state index contributed by atoms with van der Waals surface area (Å²) in [5, 5.41) is 0.848. The second kappa shape index (κ2) is 11.9. The summed E-state index contributed by atoms with van der Waals surface area (Å²) in [5.74, 6) is 1.39. The van der Waals surface area contributed by atoms with Crippen LogP contribution in [0.15, 0.2) is 72.4 Å². The molecule has 0 saturated heterocycles. The predicted molar refractivity (Wildman–Crippen MR) is 162 cm³/mol. The number of allylic oxidation sites excluding steroid dienone is 1. The van der Waals surface area contributed by atoms with Crippen molar-refractivity contribution in [3.05, 3.63) is 99.3 Å². The molecule has 2 aromatic carbocycles. The van der Waals surface area contributed by atoms with E-state index in [4.69, 9.17) is 41.8 Å².